The van der Waals surface area contributed by atoms with Crippen molar-refractivity contribution in [3.05, 3.63) is 39.9 Å². The minimum atomic E-state index is -1.96. The highest BCUT2D eigenvalue weighted by atomic mass is 79.9. The molecule has 0 unspecified atom stereocenters. The molecule has 0 aliphatic carbocycles. The van der Waals surface area contributed by atoms with Crippen LogP contribution < -0.4 is 5.32 Å². The largest absolute Gasteiger partial charge is 0.351 e. The Morgan fingerprint density at radius 2 is 1.56 bits per heavy atom. The fourth-order valence-corrected chi connectivity index (χ4v) is 3.01. The summed E-state index contributed by atoms with van der Waals surface area (Å²) in [6, 6.07) is 4.74. The van der Waals surface area contributed by atoms with E-state index in [2.05, 4.69) is 36.2 Å². The molecule has 27 heavy (non-hydrogen) atoms. The third kappa shape index (κ3) is 6.34. The zero-order valence-corrected chi connectivity index (χ0v) is 19.8. The Morgan fingerprint density at radius 1 is 1.00 bits per heavy atom. The van der Waals surface area contributed by atoms with Crippen LogP contribution in [-0.2, 0) is 7.59 Å². The van der Waals surface area contributed by atoms with E-state index in [4.69, 9.17) is 81.2 Å². The van der Waals surface area contributed by atoms with Crippen molar-refractivity contribution in [3.8, 4) is 11.4 Å². The molecule has 1 heterocycles. The maximum Gasteiger partial charge on any atom is 0.251 e. The van der Waals surface area contributed by atoms with Crippen LogP contribution >= 0.6 is 97.1 Å². The van der Waals surface area contributed by atoms with Crippen LogP contribution in [0.4, 0.5) is 0 Å². The van der Waals surface area contributed by atoms with E-state index < -0.39 is 7.59 Å². The van der Waals surface area contributed by atoms with Crippen molar-refractivity contribution in [3.63, 3.8) is 0 Å². The minimum absolute atomic E-state index is 0.0900. The standard InChI is InChI=1S/C14H8BrCl7N4O/c15-8-5-6(10(27)23-4-3-16)1-2-7(8)9-24-11(13(17,18)19)26-12(25-9)14(20,21)22/h1-2,5H,3-4H2,(H,23,27). The Kier molecular flexibility index (Phi) is 8.13. The highest BCUT2D eigenvalue weighted by Gasteiger charge is 2.34. The molecular weight excluding hydrogens is 568 g/mol. The first-order valence-electron chi connectivity index (χ1n) is 6.98. The highest BCUT2D eigenvalue weighted by molar-refractivity contribution is 9.10. The molecule has 2 rings (SSSR count). The molecule has 5 nitrogen and oxygen atoms in total. The molecule has 146 valence electrons. The lowest BCUT2D eigenvalue weighted by Crippen LogP contribution is -2.25. The van der Waals surface area contributed by atoms with Crippen LogP contribution in [0.5, 0.6) is 0 Å². The molecule has 13 heteroatoms. The number of carbonyl (C=O) groups is 1. The third-order valence-electron chi connectivity index (χ3n) is 2.99. The van der Waals surface area contributed by atoms with Crippen LogP contribution in [0.1, 0.15) is 22.0 Å². The first-order chi connectivity index (χ1) is 12.4. The molecule has 0 bridgehead atoms. The lowest BCUT2D eigenvalue weighted by atomic mass is 10.1. The van der Waals surface area contributed by atoms with Crippen LogP contribution in [0, 0.1) is 0 Å². The topological polar surface area (TPSA) is 67.8 Å². The molecule has 1 aromatic heterocycles. The van der Waals surface area contributed by atoms with Crippen LogP contribution in [0.25, 0.3) is 11.4 Å². The molecule has 0 aliphatic rings. The van der Waals surface area contributed by atoms with Gasteiger partial charge in [0, 0.05) is 28.0 Å². The molecule has 0 spiro atoms. The fourth-order valence-electron chi connectivity index (χ4n) is 1.85. The van der Waals surface area contributed by atoms with Crippen molar-refractivity contribution in [2.75, 3.05) is 12.4 Å². The van der Waals surface area contributed by atoms with Gasteiger partial charge in [0.25, 0.3) is 5.91 Å². The Bertz CT molecular complexity index is 822. The molecule has 1 N–H and O–H groups in total. The average Bonchev–Trinajstić information content (AvgIpc) is 2.57. The number of hydrogen-bond donors (Lipinski definition) is 1. The molecule has 1 aromatic carbocycles. The lowest BCUT2D eigenvalue weighted by molar-refractivity contribution is 0.0956. The molecular formula is C14H8BrCl7N4O. The maximum atomic E-state index is 12.0. The summed E-state index contributed by atoms with van der Waals surface area (Å²) in [5.41, 5.74) is 0.866. The van der Waals surface area contributed by atoms with E-state index >= 15 is 0 Å². The molecule has 2 aromatic rings. The molecule has 0 saturated heterocycles. The number of benzene rings is 1. The summed E-state index contributed by atoms with van der Waals surface area (Å²) in [6.45, 7) is 0.340. The number of alkyl halides is 7. The zero-order valence-electron chi connectivity index (χ0n) is 12.9. The third-order valence-corrected chi connectivity index (χ3v) is 4.85. The zero-order chi connectivity index (χ0) is 20.4. The van der Waals surface area contributed by atoms with Gasteiger partial charge in [-0.25, -0.2) is 15.0 Å². The molecule has 0 atom stereocenters. The molecule has 0 saturated carbocycles. The number of nitrogens with zero attached hydrogens (tertiary/aromatic N) is 3. The van der Waals surface area contributed by atoms with Gasteiger partial charge in [0.1, 0.15) is 0 Å². The van der Waals surface area contributed by atoms with Crippen molar-refractivity contribution >= 4 is 103 Å². The first kappa shape index (κ1) is 23.5. The van der Waals surface area contributed by atoms with Crippen molar-refractivity contribution < 1.29 is 4.79 Å². The molecule has 0 radical (unpaired) electrons. The molecule has 0 aliphatic heterocycles. The van der Waals surface area contributed by atoms with Gasteiger partial charge < -0.3 is 5.32 Å². The molecule has 0 fully saturated rings. The monoisotopic (exact) mass is 572 g/mol. The molecule has 1 amide bonds. The number of amides is 1. The van der Waals surface area contributed by atoms with Gasteiger partial charge in [0.15, 0.2) is 17.5 Å². The van der Waals surface area contributed by atoms with E-state index in [-0.39, 0.29) is 23.4 Å². The van der Waals surface area contributed by atoms with Crippen LogP contribution in [0.15, 0.2) is 22.7 Å². The lowest BCUT2D eigenvalue weighted by Gasteiger charge is -2.16. The van der Waals surface area contributed by atoms with Gasteiger partial charge in [0.05, 0.1) is 0 Å². The maximum absolute atomic E-state index is 12.0. The number of aromatic nitrogens is 3. The second kappa shape index (κ2) is 9.35. The summed E-state index contributed by atoms with van der Waals surface area (Å²) in [5, 5.41) is 2.66. The van der Waals surface area contributed by atoms with E-state index in [1.54, 1.807) is 18.2 Å². The summed E-state index contributed by atoms with van der Waals surface area (Å²) in [5.74, 6) is -0.325. The van der Waals surface area contributed by atoms with E-state index in [0.29, 0.717) is 28.0 Å². The summed E-state index contributed by atoms with van der Waals surface area (Å²) in [4.78, 5) is 24.2. The van der Waals surface area contributed by atoms with Crippen LogP contribution in [0.2, 0.25) is 0 Å². The highest BCUT2D eigenvalue weighted by Crippen LogP contribution is 2.41. The van der Waals surface area contributed by atoms with Crippen LogP contribution in [-0.4, -0.2) is 33.3 Å². The van der Waals surface area contributed by atoms with Gasteiger partial charge in [-0.1, -0.05) is 85.5 Å². The van der Waals surface area contributed by atoms with Gasteiger partial charge in [0.2, 0.25) is 7.59 Å². The first-order valence-corrected chi connectivity index (χ1v) is 10.6. The number of rotatable bonds is 4. The van der Waals surface area contributed by atoms with E-state index in [0.717, 1.165) is 0 Å². The van der Waals surface area contributed by atoms with Gasteiger partial charge in [-0.05, 0) is 18.2 Å². The Hall–Kier alpha value is 0.210. The van der Waals surface area contributed by atoms with Crippen molar-refractivity contribution in [2.24, 2.45) is 0 Å². The second-order valence-corrected chi connectivity index (χ2v) is 10.7. The second-order valence-electron chi connectivity index (χ2n) is 4.94. The average molecular weight is 576 g/mol. The number of halogens is 8. The summed E-state index contributed by atoms with van der Waals surface area (Å²) >= 11 is 44.1. The van der Waals surface area contributed by atoms with Gasteiger partial charge in [-0.2, -0.15) is 0 Å². The quantitative estimate of drug-likeness (QED) is 0.459. The van der Waals surface area contributed by atoms with Gasteiger partial charge >= 0.3 is 0 Å². The smallest absolute Gasteiger partial charge is 0.251 e. The Morgan fingerprint density at radius 3 is 2.00 bits per heavy atom. The van der Waals surface area contributed by atoms with E-state index in [1.807, 2.05) is 0 Å². The van der Waals surface area contributed by atoms with Crippen molar-refractivity contribution in [2.45, 2.75) is 7.59 Å². The summed E-state index contributed by atoms with van der Waals surface area (Å²) in [7, 11) is 0. The van der Waals surface area contributed by atoms with Crippen LogP contribution in [0.3, 0.4) is 0 Å². The van der Waals surface area contributed by atoms with E-state index in [9.17, 15) is 4.79 Å². The minimum Gasteiger partial charge on any atom is -0.351 e. The number of nitrogens with one attached hydrogen (secondary N) is 1. The fraction of sp³-hybridized carbons (Fsp3) is 0.286. The van der Waals surface area contributed by atoms with Crippen molar-refractivity contribution in [1.29, 1.82) is 0 Å². The Balaban J connectivity index is 2.52. The predicted molar refractivity (Wildman–Crippen MR) is 114 cm³/mol. The Labute approximate surface area is 198 Å². The van der Waals surface area contributed by atoms with E-state index in [1.165, 1.54) is 0 Å². The summed E-state index contributed by atoms with van der Waals surface area (Å²) in [6.07, 6.45) is 0. The summed E-state index contributed by atoms with van der Waals surface area (Å²) < 4.78 is -3.43. The van der Waals surface area contributed by atoms with Gasteiger partial charge in [-0.3, -0.25) is 4.79 Å². The van der Waals surface area contributed by atoms with Crippen molar-refractivity contribution in [1.82, 2.24) is 20.3 Å². The normalized spacial score (nSPS) is 12.1. The predicted octanol–water partition coefficient (Wildman–Crippen LogP) is 5.92. The SMILES string of the molecule is O=C(NCCCl)c1ccc(-c2nc(C(Cl)(Cl)Cl)nc(C(Cl)(Cl)Cl)n2)c(Br)c1. The number of hydrogen-bond acceptors (Lipinski definition) is 4. The number of carbonyl (C=O) groups excluding carboxylic acids is 1. The van der Waals surface area contributed by atoms with Gasteiger partial charge in [-0.15, -0.1) is 11.6 Å².